The molecule has 4 nitrogen and oxygen atoms in total. The van der Waals surface area contributed by atoms with Crippen LogP contribution >= 0.6 is 11.8 Å². The largest absolute Gasteiger partial charge is 0.376 e. The standard InChI is InChI=1S/C14H24N2O2S/c17-14(13-4-1-6-15-13)16(11-5-8-19-10-11)9-12-3-2-7-18-12/h11-13,15H,1-10H2/t11?,12?,13-/m1/s1. The van der Waals surface area contributed by atoms with Crippen molar-refractivity contribution in [2.45, 2.75) is 50.3 Å². The van der Waals surface area contributed by atoms with Crippen LogP contribution in [0.15, 0.2) is 0 Å². The van der Waals surface area contributed by atoms with Crippen molar-refractivity contribution in [3.8, 4) is 0 Å². The Morgan fingerprint density at radius 3 is 2.89 bits per heavy atom. The van der Waals surface area contributed by atoms with Crippen molar-refractivity contribution < 1.29 is 9.53 Å². The number of hydrogen-bond acceptors (Lipinski definition) is 4. The van der Waals surface area contributed by atoms with Crippen molar-refractivity contribution in [2.24, 2.45) is 0 Å². The molecule has 3 atom stereocenters. The maximum Gasteiger partial charge on any atom is 0.240 e. The summed E-state index contributed by atoms with van der Waals surface area (Å²) in [5.41, 5.74) is 0. The number of carbonyl (C=O) groups excluding carboxylic acids is 1. The van der Waals surface area contributed by atoms with Gasteiger partial charge in [0, 0.05) is 24.9 Å². The highest BCUT2D eigenvalue weighted by molar-refractivity contribution is 7.99. The molecule has 2 unspecified atom stereocenters. The second kappa shape index (κ2) is 6.46. The number of hydrogen-bond donors (Lipinski definition) is 1. The van der Waals surface area contributed by atoms with Crippen LogP contribution in [0.25, 0.3) is 0 Å². The molecule has 1 amide bonds. The lowest BCUT2D eigenvalue weighted by Gasteiger charge is -2.32. The van der Waals surface area contributed by atoms with E-state index in [1.54, 1.807) is 0 Å². The van der Waals surface area contributed by atoms with Gasteiger partial charge in [0.05, 0.1) is 12.1 Å². The summed E-state index contributed by atoms with van der Waals surface area (Å²) in [6, 6.07) is 0.496. The fourth-order valence-electron chi connectivity index (χ4n) is 3.29. The fourth-order valence-corrected chi connectivity index (χ4v) is 4.51. The highest BCUT2D eigenvalue weighted by atomic mass is 32.2. The van der Waals surface area contributed by atoms with E-state index in [0.29, 0.717) is 11.9 Å². The summed E-state index contributed by atoms with van der Waals surface area (Å²) >= 11 is 1.97. The smallest absolute Gasteiger partial charge is 0.240 e. The Labute approximate surface area is 119 Å². The van der Waals surface area contributed by atoms with Crippen molar-refractivity contribution in [3.63, 3.8) is 0 Å². The molecule has 1 N–H and O–H groups in total. The molecule has 3 aliphatic rings. The van der Waals surface area contributed by atoms with E-state index in [-0.39, 0.29) is 12.1 Å². The average Bonchev–Trinajstić information content (AvgIpc) is 3.15. The maximum absolute atomic E-state index is 12.7. The fraction of sp³-hybridized carbons (Fsp3) is 0.929. The van der Waals surface area contributed by atoms with Gasteiger partial charge in [-0.15, -0.1) is 0 Å². The van der Waals surface area contributed by atoms with Gasteiger partial charge in [0.15, 0.2) is 0 Å². The van der Waals surface area contributed by atoms with Crippen LogP contribution < -0.4 is 5.32 Å². The third kappa shape index (κ3) is 3.26. The van der Waals surface area contributed by atoms with E-state index in [4.69, 9.17) is 4.74 Å². The molecule has 3 heterocycles. The lowest BCUT2D eigenvalue weighted by Crippen LogP contribution is -2.51. The topological polar surface area (TPSA) is 41.6 Å². The SMILES string of the molecule is O=C([C@H]1CCCN1)N(CC1CCCO1)C1CCSC1. The monoisotopic (exact) mass is 284 g/mol. The van der Waals surface area contributed by atoms with Gasteiger partial charge in [-0.05, 0) is 44.4 Å². The van der Waals surface area contributed by atoms with Crippen LogP contribution in [0, 0.1) is 0 Å². The van der Waals surface area contributed by atoms with Crippen molar-refractivity contribution in [1.82, 2.24) is 10.2 Å². The van der Waals surface area contributed by atoms with Gasteiger partial charge in [-0.2, -0.15) is 11.8 Å². The van der Waals surface area contributed by atoms with E-state index < -0.39 is 0 Å². The van der Waals surface area contributed by atoms with Crippen molar-refractivity contribution in [2.75, 3.05) is 31.2 Å². The maximum atomic E-state index is 12.7. The van der Waals surface area contributed by atoms with Crippen LogP contribution in [-0.2, 0) is 9.53 Å². The van der Waals surface area contributed by atoms with Crippen LogP contribution in [0.4, 0.5) is 0 Å². The molecular weight excluding hydrogens is 260 g/mol. The molecule has 108 valence electrons. The lowest BCUT2D eigenvalue weighted by atomic mass is 10.1. The van der Waals surface area contributed by atoms with Crippen molar-refractivity contribution in [3.05, 3.63) is 0 Å². The van der Waals surface area contributed by atoms with Gasteiger partial charge >= 0.3 is 0 Å². The van der Waals surface area contributed by atoms with Crippen LogP contribution in [0.1, 0.15) is 32.1 Å². The second-order valence-electron chi connectivity index (χ2n) is 5.79. The first kappa shape index (κ1) is 13.7. The zero-order valence-electron chi connectivity index (χ0n) is 11.5. The van der Waals surface area contributed by atoms with Gasteiger partial charge in [-0.3, -0.25) is 4.79 Å². The molecule has 5 heteroatoms. The van der Waals surface area contributed by atoms with Crippen molar-refractivity contribution >= 4 is 17.7 Å². The molecule has 0 radical (unpaired) electrons. The minimum absolute atomic E-state index is 0.0620. The van der Waals surface area contributed by atoms with Crippen LogP contribution in [0.3, 0.4) is 0 Å². The molecule has 0 spiro atoms. The second-order valence-corrected chi connectivity index (χ2v) is 6.94. The zero-order chi connectivity index (χ0) is 13.1. The number of nitrogens with zero attached hydrogens (tertiary/aromatic N) is 1. The van der Waals surface area contributed by atoms with E-state index in [1.807, 2.05) is 11.8 Å². The van der Waals surface area contributed by atoms with Gasteiger partial charge in [0.25, 0.3) is 0 Å². The minimum atomic E-state index is 0.0620. The predicted molar refractivity (Wildman–Crippen MR) is 77.4 cm³/mol. The summed E-state index contributed by atoms with van der Waals surface area (Å²) in [5, 5.41) is 3.35. The summed E-state index contributed by atoms with van der Waals surface area (Å²) in [5.74, 6) is 2.61. The molecule has 0 aromatic heterocycles. The third-order valence-corrected chi connectivity index (χ3v) is 5.56. The molecule has 3 fully saturated rings. The normalized spacial score (nSPS) is 34.8. The molecule has 0 saturated carbocycles. The lowest BCUT2D eigenvalue weighted by molar-refractivity contribution is -0.136. The molecule has 0 bridgehead atoms. The Balaban J connectivity index is 1.65. The van der Waals surface area contributed by atoms with Crippen molar-refractivity contribution in [1.29, 1.82) is 0 Å². The van der Waals surface area contributed by atoms with Gasteiger partial charge in [-0.25, -0.2) is 0 Å². The molecular formula is C14H24N2O2S. The zero-order valence-corrected chi connectivity index (χ0v) is 12.3. The number of ether oxygens (including phenoxy) is 1. The Bertz CT molecular complexity index is 309. The van der Waals surface area contributed by atoms with E-state index in [1.165, 1.54) is 5.75 Å². The average molecular weight is 284 g/mol. The summed E-state index contributed by atoms with van der Waals surface area (Å²) in [6.45, 7) is 2.67. The van der Waals surface area contributed by atoms with Crippen LogP contribution in [0.5, 0.6) is 0 Å². The first-order valence-electron chi connectivity index (χ1n) is 7.58. The number of nitrogens with one attached hydrogen (secondary N) is 1. The first-order chi connectivity index (χ1) is 9.34. The quantitative estimate of drug-likeness (QED) is 0.844. The summed E-state index contributed by atoms with van der Waals surface area (Å²) in [6.07, 6.45) is 5.81. The molecule has 3 aliphatic heterocycles. The Morgan fingerprint density at radius 1 is 1.32 bits per heavy atom. The van der Waals surface area contributed by atoms with E-state index >= 15 is 0 Å². The Hall–Kier alpha value is -0.260. The van der Waals surface area contributed by atoms with Gasteiger partial charge in [-0.1, -0.05) is 0 Å². The highest BCUT2D eigenvalue weighted by Gasteiger charge is 2.34. The molecule has 19 heavy (non-hydrogen) atoms. The molecule has 3 rings (SSSR count). The number of rotatable bonds is 4. The molecule has 0 aliphatic carbocycles. The van der Waals surface area contributed by atoms with E-state index in [0.717, 1.165) is 57.6 Å². The summed E-state index contributed by atoms with van der Waals surface area (Å²) in [7, 11) is 0. The van der Waals surface area contributed by atoms with Crippen LogP contribution in [0.2, 0.25) is 0 Å². The molecule has 0 aromatic carbocycles. The van der Waals surface area contributed by atoms with Gasteiger partial charge < -0.3 is 15.0 Å². The minimum Gasteiger partial charge on any atom is -0.376 e. The predicted octanol–water partition coefficient (Wildman–Crippen LogP) is 1.25. The molecule has 0 aromatic rings. The first-order valence-corrected chi connectivity index (χ1v) is 8.73. The molecule has 3 saturated heterocycles. The van der Waals surface area contributed by atoms with E-state index in [2.05, 4.69) is 10.2 Å². The third-order valence-electron chi connectivity index (χ3n) is 4.41. The number of carbonyl (C=O) groups is 1. The number of amides is 1. The van der Waals surface area contributed by atoms with E-state index in [9.17, 15) is 4.79 Å². The Kier molecular flexibility index (Phi) is 4.66. The Morgan fingerprint density at radius 2 is 2.26 bits per heavy atom. The summed E-state index contributed by atoms with van der Waals surface area (Å²) in [4.78, 5) is 14.9. The van der Waals surface area contributed by atoms with Crippen LogP contribution in [-0.4, -0.2) is 60.2 Å². The van der Waals surface area contributed by atoms with Gasteiger partial charge in [0.2, 0.25) is 5.91 Å². The van der Waals surface area contributed by atoms with Gasteiger partial charge in [0.1, 0.15) is 0 Å². The summed E-state index contributed by atoms with van der Waals surface area (Å²) < 4.78 is 5.73. The highest BCUT2D eigenvalue weighted by Crippen LogP contribution is 2.26. The number of thioether (sulfide) groups is 1.